The fourth-order valence-electron chi connectivity index (χ4n) is 1.56. The second-order valence-electron chi connectivity index (χ2n) is 5.50. The van der Waals surface area contributed by atoms with Crippen LogP contribution in [0.1, 0.15) is 26.3 Å². The van der Waals surface area contributed by atoms with Gasteiger partial charge in [-0.15, -0.1) is 0 Å². The van der Waals surface area contributed by atoms with Crippen LogP contribution in [0.25, 0.3) is 0 Å². The molecule has 2 N–H and O–H groups in total. The van der Waals surface area contributed by atoms with Gasteiger partial charge in [0.25, 0.3) is 0 Å². The highest BCUT2D eigenvalue weighted by Crippen LogP contribution is 2.10. The molecule has 0 bridgehead atoms. The number of carboxylic acids is 1. The number of hydrogen-bond acceptors (Lipinski definition) is 4. The lowest BCUT2D eigenvalue weighted by atomic mass is 10.2. The van der Waals surface area contributed by atoms with Gasteiger partial charge in [0.05, 0.1) is 12.1 Å². The number of hydrogen-bond donors (Lipinski definition) is 2. The Bertz CT molecular complexity index is 467. The third kappa shape index (κ3) is 7.31. The standard InChI is InChI=1S/C15H21NO5/c1-15(2,3)21-12(13(17)18)9-16-14(19)20-10-11-7-5-4-6-8-11/h4-8,12H,9-10H2,1-3H3,(H,16,19)(H,17,18)/t12-/m1/s1. The van der Waals surface area contributed by atoms with Gasteiger partial charge in [-0.3, -0.25) is 0 Å². The number of aliphatic carboxylic acids is 1. The highest BCUT2D eigenvalue weighted by Gasteiger charge is 2.25. The molecule has 1 aromatic carbocycles. The molecule has 0 aliphatic rings. The fraction of sp³-hybridized carbons (Fsp3) is 0.467. The zero-order valence-electron chi connectivity index (χ0n) is 12.5. The maximum atomic E-state index is 11.5. The Labute approximate surface area is 124 Å². The van der Waals surface area contributed by atoms with Crippen molar-refractivity contribution in [2.45, 2.75) is 39.1 Å². The monoisotopic (exact) mass is 295 g/mol. The average molecular weight is 295 g/mol. The molecule has 1 atom stereocenters. The van der Waals surface area contributed by atoms with E-state index in [9.17, 15) is 9.59 Å². The van der Waals surface area contributed by atoms with Crippen molar-refractivity contribution in [3.63, 3.8) is 0 Å². The highest BCUT2D eigenvalue weighted by atomic mass is 16.6. The van der Waals surface area contributed by atoms with Crippen LogP contribution in [-0.4, -0.2) is 35.4 Å². The van der Waals surface area contributed by atoms with Gasteiger partial charge in [-0.05, 0) is 26.3 Å². The lowest BCUT2D eigenvalue weighted by molar-refractivity contribution is -0.159. The molecular formula is C15H21NO5. The van der Waals surface area contributed by atoms with Crippen molar-refractivity contribution in [1.82, 2.24) is 5.32 Å². The number of amides is 1. The van der Waals surface area contributed by atoms with E-state index in [-0.39, 0.29) is 13.2 Å². The summed E-state index contributed by atoms with van der Waals surface area (Å²) >= 11 is 0. The Kier molecular flexibility index (Phi) is 6.17. The summed E-state index contributed by atoms with van der Waals surface area (Å²) in [7, 11) is 0. The van der Waals surface area contributed by atoms with E-state index in [0.29, 0.717) is 0 Å². The predicted molar refractivity (Wildman–Crippen MR) is 76.9 cm³/mol. The normalized spacial score (nSPS) is 12.5. The maximum absolute atomic E-state index is 11.5. The molecule has 0 aliphatic heterocycles. The Balaban J connectivity index is 2.38. The van der Waals surface area contributed by atoms with Crippen molar-refractivity contribution in [2.24, 2.45) is 0 Å². The summed E-state index contributed by atoms with van der Waals surface area (Å²) in [6.45, 7) is 5.22. The van der Waals surface area contributed by atoms with E-state index in [1.807, 2.05) is 30.3 Å². The van der Waals surface area contributed by atoms with Crippen LogP contribution >= 0.6 is 0 Å². The Morgan fingerprint density at radius 3 is 2.38 bits per heavy atom. The van der Waals surface area contributed by atoms with E-state index in [1.54, 1.807) is 20.8 Å². The second kappa shape index (κ2) is 7.64. The molecule has 116 valence electrons. The number of alkyl carbamates (subject to hydrolysis) is 1. The van der Waals surface area contributed by atoms with Gasteiger partial charge in [-0.2, -0.15) is 0 Å². The molecule has 0 fully saturated rings. The molecule has 21 heavy (non-hydrogen) atoms. The van der Waals surface area contributed by atoms with Crippen molar-refractivity contribution in [2.75, 3.05) is 6.54 Å². The first-order valence-corrected chi connectivity index (χ1v) is 6.63. The third-order valence-corrected chi connectivity index (χ3v) is 2.42. The minimum Gasteiger partial charge on any atom is -0.479 e. The second-order valence-corrected chi connectivity index (χ2v) is 5.50. The molecule has 0 saturated heterocycles. The molecule has 1 rings (SSSR count). The molecule has 6 nitrogen and oxygen atoms in total. The summed E-state index contributed by atoms with van der Waals surface area (Å²) in [4.78, 5) is 22.6. The van der Waals surface area contributed by atoms with Crippen LogP contribution in [0.3, 0.4) is 0 Å². The Morgan fingerprint density at radius 1 is 1.24 bits per heavy atom. The summed E-state index contributed by atoms with van der Waals surface area (Å²) in [5.41, 5.74) is 0.243. The first-order valence-electron chi connectivity index (χ1n) is 6.63. The van der Waals surface area contributed by atoms with Gasteiger partial charge in [-0.25, -0.2) is 9.59 Å². The summed E-state index contributed by atoms with van der Waals surface area (Å²) in [6.07, 6.45) is -1.79. The van der Waals surface area contributed by atoms with Gasteiger partial charge >= 0.3 is 12.1 Å². The van der Waals surface area contributed by atoms with Crippen LogP contribution in [0.4, 0.5) is 4.79 Å². The van der Waals surface area contributed by atoms with Crippen LogP contribution in [0, 0.1) is 0 Å². The first-order chi connectivity index (χ1) is 9.78. The molecule has 0 radical (unpaired) electrons. The lowest BCUT2D eigenvalue weighted by Gasteiger charge is -2.24. The SMILES string of the molecule is CC(C)(C)O[C@H](CNC(=O)OCc1ccccc1)C(=O)O. The van der Waals surface area contributed by atoms with Crippen LogP contribution in [-0.2, 0) is 20.9 Å². The zero-order chi connectivity index (χ0) is 15.9. The molecule has 1 aromatic rings. The third-order valence-electron chi connectivity index (χ3n) is 2.42. The molecule has 0 aromatic heterocycles. The lowest BCUT2D eigenvalue weighted by Crippen LogP contribution is -2.42. The average Bonchev–Trinajstić information content (AvgIpc) is 2.41. The molecule has 0 saturated carbocycles. The fourth-order valence-corrected chi connectivity index (χ4v) is 1.56. The molecular weight excluding hydrogens is 274 g/mol. The number of ether oxygens (including phenoxy) is 2. The molecule has 6 heteroatoms. The summed E-state index contributed by atoms with van der Waals surface area (Å²) in [5, 5.41) is 11.4. The molecule has 1 amide bonds. The smallest absolute Gasteiger partial charge is 0.407 e. The van der Waals surface area contributed by atoms with Crippen LogP contribution < -0.4 is 5.32 Å². The summed E-state index contributed by atoms with van der Waals surface area (Å²) in [5.74, 6) is -1.13. The van der Waals surface area contributed by atoms with E-state index >= 15 is 0 Å². The Morgan fingerprint density at radius 2 is 1.86 bits per heavy atom. The van der Waals surface area contributed by atoms with Gasteiger partial charge in [0.15, 0.2) is 6.10 Å². The van der Waals surface area contributed by atoms with E-state index in [2.05, 4.69) is 5.32 Å². The molecule has 0 unspecified atom stereocenters. The van der Waals surface area contributed by atoms with Crippen LogP contribution in [0.15, 0.2) is 30.3 Å². The van der Waals surface area contributed by atoms with Gasteiger partial charge in [0.2, 0.25) is 0 Å². The highest BCUT2D eigenvalue weighted by molar-refractivity contribution is 5.74. The topological polar surface area (TPSA) is 84.9 Å². The van der Waals surface area contributed by atoms with E-state index in [4.69, 9.17) is 14.6 Å². The number of benzene rings is 1. The minimum absolute atomic E-state index is 0.130. The van der Waals surface area contributed by atoms with Gasteiger partial charge in [0.1, 0.15) is 6.61 Å². The Hall–Kier alpha value is -2.08. The van der Waals surface area contributed by atoms with E-state index < -0.39 is 23.8 Å². The van der Waals surface area contributed by atoms with Crippen molar-refractivity contribution in [3.05, 3.63) is 35.9 Å². The number of carbonyl (C=O) groups is 2. The van der Waals surface area contributed by atoms with Gasteiger partial charge in [0, 0.05) is 0 Å². The van der Waals surface area contributed by atoms with E-state index in [1.165, 1.54) is 0 Å². The predicted octanol–water partition coefficient (Wildman–Crippen LogP) is 2.18. The van der Waals surface area contributed by atoms with Crippen molar-refractivity contribution < 1.29 is 24.2 Å². The van der Waals surface area contributed by atoms with Gasteiger partial charge in [-0.1, -0.05) is 30.3 Å². The van der Waals surface area contributed by atoms with E-state index in [0.717, 1.165) is 5.56 Å². The molecule has 0 spiro atoms. The quantitative estimate of drug-likeness (QED) is 0.840. The number of rotatable bonds is 6. The number of nitrogens with one attached hydrogen (secondary N) is 1. The summed E-state index contributed by atoms with van der Waals surface area (Å²) in [6, 6.07) is 9.21. The van der Waals surface area contributed by atoms with Crippen molar-refractivity contribution in [3.8, 4) is 0 Å². The van der Waals surface area contributed by atoms with Crippen molar-refractivity contribution >= 4 is 12.1 Å². The maximum Gasteiger partial charge on any atom is 0.407 e. The van der Waals surface area contributed by atoms with Gasteiger partial charge < -0.3 is 19.9 Å². The molecule has 0 heterocycles. The largest absolute Gasteiger partial charge is 0.479 e. The van der Waals surface area contributed by atoms with Crippen LogP contribution in [0.2, 0.25) is 0 Å². The van der Waals surface area contributed by atoms with Crippen molar-refractivity contribution in [1.29, 1.82) is 0 Å². The summed E-state index contributed by atoms with van der Waals surface area (Å²) < 4.78 is 10.3. The zero-order valence-corrected chi connectivity index (χ0v) is 12.5. The van der Waals surface area contributed by atoms with Crippen LogP contribution in [0.5, 0.6) is 0 Å². The first kappa shape index (κ1) is 17.0. The molecule has 0 aliphatic carbocycles. The number of carboxylic acid groups (broad SMARTS) is 1. The number of carbonyl (C=O) groups excluding carboxylic acids is 1. The minimum atomic E-state index is -1.13.